The Kier molecular flexibility index (Phi) is 3.22. The Balaban J connectivity index is 2.51. The predicted molar refractivity (Wildman–Crippen MR) is 65.3 cm³/mol. The third-order valence-electron chi connectivity index (χ3n) is 2.28. The summed E-state index contributed by atoms with van der Waals surface area (Å²) in [7, 11) is 0. The van der Waals surface area contributed by atoms with Crippen LogP contribution in [0.4, 0.5) is 0 Å². The number of benzene rings is 2. The summed E-state index contributed by atoms with van der Waals surface area (Å²) in [6.45, 7) is 0. The van der Waals surface area contributed by atoms with Gasteiger partial charge in [-0.05, 0) is 6.07 Å². The minimum atomic E-state index is 0.478. The second-order valence-corrected chi connectivity index (χ2v) is 3.70. The van der Waals surface area contributed by atoms with E-state index < -0.39 is 0 Å². The summed E-state index contributed by atoms with van der Waals surface area (Å²) in [4.78, 5) is 0. The zero-order valence-electron chi connectivity index (χ0n) is 8.47. The summed E-state index contributed by atoms with van der Waals surface area (Å²) in [5, 5.41) is 13.0. The van der Waals surface area contributed by atoms with Crippen LogP contribution in [-0.4, -0.2) is 10.9 Å². The van der Waals surface area contributed by atoms with Gasteiger partial charge in [-0.15, -0.1) is 0 Å². The topological polar surface area (TPSA) is 32.6 Å². The molecule has 3 heteroatoms. The Labute approximate surface area is 98.8 Å². The van der Waals surface area contributed by atoms with Gasteiger partial charge >= 0.3 is 0 Å². The molecule has 0 radical (unpaired) electrons. The fraction of sp³-hybridized carbons (Fsp3) is 0. The monoisotopic (exact) mass is 231 g/mol. The normalized spacial score (nSPS) is 11.4. The predicted octanol–water partition coefficient (Wildman–Crippen LogP) is 3.57. The molecule has 0 unspecified atom stereocenters. The maximum Gasteiger partial charge on any atom is 0.118 e. The first-order valence-corrected chi connectivity index (χ1v) is 5.23. The van der Waals surface area contributed by atoms with Crippen molar-refractivity contribution < 1.29 is 5.21 Å². The average molecular weight is 232 g/mol. The summed E-state index contributed by atoms with van der Waals surface area (Å²) in [5.41, 5.74) is 2.03. The van der Waals surface area contributed by atoms with Gasteiger partial charge in [-0.1, -0.05) is 65.3 Å². The van der Waals surface area contributed by atoms with Crippen molar-refractivity contribution in [3.63, 3.8) is 0 Å². The van der Waals surface area contributed by atoms with Gasteiger partial charge in [0.15, 0.2) is 0 Å². The first-order chi connectivity index (χ1) is 7.83. The Morgan fingerprint density at radius 1 is 0.938 bits per heavy atom. The zero-order chi connectivity index (χ0) is 11.4. The number of halogens is 1. The molecular weight excluding hydrogens is 222 g/mol. The van der Waals surface area contributed by atoms with Gasteiger partial charge in [0, 0.05) is 11.1 Å². The van der Waals surface area contributed by atoms with E-state index in [-0.39, 0.29) is 0 Å². The van der Waals surface area contributed by atoms with Gasteiger partial charge in [-0.2, -0.15) is 0 Å². The van der Waals surface area contributed by atoms with Gasteiger partial charge in [0.2, 0.25) is 0 Å². The van der Waals surface area contributed by atoms with Crippen molar-refractivity contribution in [3.8, 4) is 0 Å². The van der Waals surface area contributed by atoms with E-state index in [0.717, 1.165) is 11.1 Å². The average Bonchev–Trinajstić information content (AvgIpc) is 2.34. The highest BCUT2D eigenvalue weighted by Crippen LogP contribution is 2.19. The molecule has 0 bridgehead atoms. The maximum atomic E-state index is 9.09. The van der Waals surface area contributed by atoms with Crippen LogP contribution in [0.2, 0.25) is 5.02 Å². The van der Waals surface area contributed by atoms with Crippen molar-refractivity contribution >= 4 is 17.3 Å². The molecule has 2 aromatic rings. The maximum absolute atomic E-state index is 9.09. The molecule has 2 aromatic carbocycles. The summed E-state index contributed by atoms with van der Waals surface area (Å²) < 4.78 is 0. The minimum Gasteiger partial charge on any atom is -0.410 e. The van der Waals surface area contributed by atoms with Crippen molar-refractivity contribution in [1.29, 1.82) is 0 Å². The van der Waals surface area contributed by atoms with Gasteiger partial charge in [0.25, 0.3) is 0 Å². The van der Waals surface area contributed by atoms with Crippen LogP contribution in [0.1, 0.15) is 11.1 Å². The van der Waals surface area contributed by atoms with E-state index in [9.17, 15) is 0 Å². The van der Waals surface area contributed by atoms with Crippen LogP contribution in [0.5, 0.6) is 0 Å². The molecule has 0 amide bonds. The van der Waals surface area contributed by atoms with E-state index in [0.29, 0.717) is 10.7 Å². The van der Waals surface area contributed by atoms with Crippen LogP contribution in [-0.2, 0) is 0 Å². The second-order valence-electron chi connectivity index (χ2n) is 3.29. The standard InChI is InChI=1S/C13H10ClNO/c14-12-9-5-4-8-11(12)13(15-16)10-6-2-1-3-7-10/h1-9,16H. The molecule has 16 heavy (non-hydrogen) atoms. The molecule has 0 aliphatic rings. The Hall–Kier alpha value is -1.80. The third-order valence-corrected chi connectivity index (χ3v) is 2.61. The molecule has 0 saturated heterocycles. The summed E-state index contributed by atoms with van der Waals surface area (Å²) in [6.07, 6.45) is 0. The van der Waals surface area contributed by atoms with Crippen LogP contribution in [0.15, 0.2) is 59.8 Å². The molecule has 2 nitrogen and oxygen atoms in total. The molecule has 0 aliphatic carbocycles. The first-order valence-electron chi connectivity index (χ1n) is 4.85. The second kappa shape index (κ2) is 4.81. The van der Waals surface area contributed by atoms with Crippen molar-refractivity contribution in [2.45, 2.75) is 0 Å². The Bertz CT molecular complexity index is 508. The van der Waals surface area contributed by atoms with Crippen molar-refractivity contribution in [3.05, 3.63) is 70.7 Å². The largest absolute Gasteiger partial charge is 0.410 e. The molecule has 0 spiro atoms. The first kappa shape index (κ1) is 10.7. The lowest BCUT2D eigenvalue weighted by Gasteiger charge is -2.06. The van der Waals surface area contributed by atoms with Crippen LogP contribution in [0, 0.1) is 0 Å². The van der Waals surface area contributed by atoms with E-state index >= 15 is 0 Å². The molecule has 80 valence electrons. The van der Waals surface area contributed by atoms with Crippen molar-refractivity contribution in [2.24, 2.45) is 5.16 Å². The lowest BCUT2D eigenvalue weighted by atomic mass is 10.0. The summed E-state index contributed by atoms with van der Waals surface area (Å²) in [6, 6.07) is 16.7. The smallest absolute Gasteiger partial charge is 0.118 e. The summed E-state index contributed by atoms with van der Waals surface area (Å²) in [5.74, 6) is 0. The Morgan fingerprint density at radius 3 is 2.19 bits per heavy atom. The number of nitrogens with zero attached hydrogens (tertiary/aromatic N) is 1. The van der Waals surface area contributed by atoms with E-state index in [1.165, 1.54) is 0 Å². The molecule has 0 saturated carbocycles. The van der Waals surface area contributed by atoms with Crippen LogP contribution in [0.25, 0.3) is 0 Å². The van der Waals surface area contributed by atoms with E-state index in [4.69, 9.17) is 16.8 Å². The quantitative estimate of drug-likeness (QED) is 0.478. The lowest BCUT2D eigenvalue weighted by Crippen LogP contribution is -2.03. The fourth-order valence-electron chi connectivity index (χ4n) is 1.52. The lowest BCUT2D eigenvalue weighted by molar-refractivity contribution is 0.319. The highest BCUT2D eigenvalue weighted by molar-refractivity contribution is 6.35. The van der Waals surface area contributed by atoms with Gasteiger partial charge in [0.05, 0.1) is 5.02 Å². The third kappa shape index (κ3) is 2.07. The summed E-state index contributed by atoms with van der Waals surface area (Å²) >= 11 is 6.06. The van der Waals surface area contributed by atoms with Crippen molar-refractivity contribution in [2.75, 3.05) is 0 Å². The molecule has 0 aromatic heterocycles. The molecular formula is C13H10ClNO. The number of rotatable bonds is 2. The van der Waals surface area contributed by atoms with Gasteiger partial charge < -0.3 is 5.21 Å². The Morgan fingerprint density at radius 2 is 1.56 bits per heavy atom. The van der Waals surface area contributed by atoms with Crippen molar-refractivity contribution in [1.82, 2.24) is 0 Å². The van der Waals surface area contributed by atoms with Crippen LogP contribution < -0.4 is 0 Å². The van der Waals surface area contributed by atoms with Crippen LogP contribution >= 0.6 is 11.6 Å². The van der Waals surface area contributed by atoms with E-state index in [1.807, 2.05) is 48.5 Å². The highest BCUT2D eigenvalue weighted by atomic mass is 35.5. The molecule has 0 fully saturated rings. The number of hydrogen-bond acceptors (Lipinski definition) is 2. The fourth-order valence-corrected chi connectivity index (χ4v) is 1.74. The molecule has 1 N–H and O–H groups in total. The SMILES string of the molecule is ON=C(c1ccccc1)c1ccccc1Cl. The highest BCUT2D eigenvalue weighted by Gasteiger charge is 2.10. The number of oxime groups is 1. The van der Waals surface area contributed by atoms with Gasteiger partial charge in [-0.3, -0.25) is 0 Å². The van der Waals surface area contributed by atoms with Gasteiger partial charge in [0.1, 0.15) is 5.71 Å². The van der Waals surface area contributed by atoms with Crippen LogP contribution in [0.3, 0.4) is 0 Å². The zero-order valence-corrected chi connectivity index (χ0v) is 9.22. The van der Waals surface area contributed by atoms with E-state index in [2.05, 4.69) is 5.16 Å². The van der Waals surface area contributed by atoms with E-state index in [1.54, 1.807) is 6.07 Å². The number of hydrogen-bond donors (Lipinski definition) is 1. The molecule has 0 heterocycles. The van der Waals surface area contributed by atoms with Gasteiger partial charge in [-0.25, -0.2) is 0 Å². The molecule has 2 rings (SSSR count). The minimum absolute atomic E-state index is 0.478. The molecule has 0 aliphatic heterocycles. The molecule has 0 atom stereocenters.